The molecule has 2 aliphatic carbocycles. The van der Waals surface area contributed by atoms with Crippen molar-refractivity contribution in [2.45, 2.75) is 5.41 Å². The van der Waals surface area contributed by atoms with Crippen LogP contribution in [-0.2, 0) is 5.41 Å². The molecule has 0 saturated carbocycles. The highest BCUT2D eigenvalue weighted by Gasteiger charge is 2.54. The van der Waals surface area contributed by atoms with E-state index < -0.39 is 5.41 Å². The molecule has 2 aliphatic rings. The van der Waals surface area contributed by atoms with E-state index in [1.807, 2.05) is 11.3 Å². The third-order valence-corrected chi connectivity index (χ3v) is 14.3. The van der Waals surface area contributed by atoms with Crippen molar-refractivity contribution < 1.29 is 0 Å². The van der Waals surface area contributed by atoms with E-state index in [1.54, 1.807) is 0 Å². The van der Waals surface area contributed by atoms with Gasteiger partial charge in [-0.15, -0.1) is 11.3 Å². The quantitative estimate of drug-likeness (QED) is 0.165. The first kappa shape index (κ1) is 35.1. The molecular formula is C59H38N2S. The van der Waals surface area contributed by atoms with Gasteiger partial charge in [-0.3, -0.25) is 0 Å². The predicted octanol–water partition coefficient (Wildman–Crippen LogP) is 16.5. The first-order valence-electron chi connectivity index (χ1n) is 21.4. The van der Waals surface area contributed by atoms with Gasteiger partial charge in [0.2, 0.25) is 0 Å². The molecule has 0 aliphatic heterocycles. The molecule has 1 heterocycles. The van der Waals surface area contributed by atoms with Gasteiger partial charge in [-0.1, -0.05) is 158 Å². The minimum Gasteiger partial charge on any atom is -0.310 e. The third-order valence-electron chi connectivity index (χ3n) is 13.2. The summed E-state index contributed by atoms with van der Waals surface area (Å²) in [6.07, 6.45) is 0. The Morgan fingerprint density at radius 1 is 0.339 bits per heavy atom. The van der Waals surface area contributed by atoms with Crippen LogP contribution in [0.4, 0.5) is 34.1 Å². The van der Waals surface area contributed by atoms with Crippen molar-refractivity contribution in [3.63, 3.8) is 0 Å². The number of fused-ring (bicyclic) bond motifs is 15. The molecule has 0 bridgehead atoms. The molecule has 11 aromatic rings. The zero-order chi connectivity index (χ0) is 40.8. The van der Waals surface area contributed by atoms with Crippen molar-refractivity contribution in [1.29, 1.82) is 0 Å². The van der Waals surface area contributed by atoms with Crippen LogP contribution in [0.15, 0.2) is 231 Å². The van der Waals surface area contributed by atoms with Crippen LogP contribution in [-0.4, -0.2) is 0 Å². The first-order chi connectivity index (χ1) is 30.8. The number of thiophene rings is 1. The van der Waals surface area contributed by atoms with E-state index in [2.05, 4.69) is 240 Å². The second-order valence-electron chi connectivity index (χ2n) is 16.4. The van der Waals surface area contributed by atoms with Crippen molar-refractivity contribution in [3.05, 3.63) is 253 Å². The van der Waals surface area contributed by atoms with Crippen molar-refractivity contribution in [3.8, 4) is 22.3 Å². The van der Waals surface area contributed by atoms with Crippen molar-refractivity contribution in [2.75, 3.05) is 9.80 Å². The molecule has 0 N–H and O–H groups in total. The maximum absolute atomic E-state index is 2.52. The summed E-state index contributed by atoms with van der Waals surface area (Å²) in [4.78, 5) is 4.98. The van der Waals surface area contributed by atoms with Gasteiger partial charge in [0.1, 0.15) is 0 Å². The number of benzene rings is 10. The topological polar surface area (TPSA) is 6.48 Å². The van der Waals surface area contributed by atoms with Gasteiger partial charge in [-0.05, 0) is 123 Å². The lowest BCUT2D eigenvalue weighted by molar-refractivity contribution is 0.793. The van der Waals surface area contributed by atoms with Crippen LogP contribution in [0.1, 0.15) is 22.3 Å². The van der Waals surface area contributed by atoms with Crippen LogP contribution >= 0.6 is 11.3 Å². The summed E-state index contributed by atoms with van der Waals surface area (Å²) in [6.45, 7) is 0. The molecule has 0 fully saturated rings. The molecule has 0 saturated heterocycles. The Balaban J connectivity index is 1.17. The minimum atomic E-state index is -0.640. The molecule has 0 amide bonds. The number of rotatable bonds is 6. The van der Waals surface area contributed by atoms with Gasteiger partial charge in [-0.25, -0.2) is 0 Å². The minimum absolute atomic E-state index is 0.640. The Hall–Kier alpha value is -7.72. The fourth-order valence-electron chi connectivity index (χ4n) is 10.8. The average Bonchev–Trinajstić information content (AvgIpc) is 3.98. The summed E-state index contributed by atoms with van der Waals surface area (Å²) >= 11 is 1.87. The number of hydrogen-bond donors (Lipinski definition) is 0. The summed E-state index contributed by atoms with van der Waals surface area (Å²) in [5.41, 5.74) is 16.6. The highest BCUT2D eigenvalue weighted by Crippen LogP contribution is 2.67. The smallest absolute Gasteiger partial charge is 0.0747 e. The van der Waals surface area contributed by atoms with E-state index in [4.69, 9.17) is 0 Å². The van der Waals surface area contributed by atoms with Crippen molar-refractivity contribution >= 4 is 76.4 Å². The molecule has 290 valence electrons. The van der Waals surface area contributed by atoms with Gasteiger partial charge in [0.05, 0.1) is 16.8 Å². The van der Waals surface area contributed by atoms with Gasteiger partial charge in [0.15, 0.2) is 0 Å². The van der Waals surface area contributed by atoms with E-state index in [1.165, 1.54) is 86.8 Å². The third kappa shape index (κ3) is 4.91. The maximum Gasteiger partial charge on any atom is 0.0747 e. The summed E-state index contributed by atoms with van der Waals surface area (Å²) in [6, 6.07) is 85.4. The fraction of sp³-hybridized carbons (Fsp3) is 0.0169. The first-order valence-corrected chi connectivity index (χ1v) is 22.2. The zero-order valence-corrected chi connectivity index (χ0v) is 34.6. The molecule has 0 radical (unpaired) electrons. The van der Waals surface area contributed by atoms with Gasteiger partial charge in [0, 0.05) is 48.5 Å². The molecule has 1 aromatic heterocycles. The molecule has 10 aromatic carbocycles. The van der Waals surface area contributed by atoms with Gasteiger partial charge < -0.3 is 9.80 Å². The molecular weight excluding hydrogens is 769 g/mol. The molecule has 1 unspecified atom stereocenters. The summed E-state index contributed by atoms with van der Waals surface area (Å²) in [7, 11) is 0. The van der Waals surface area contributed by atoms with Crippen molar-refractivity contribution in [2.24, 2.45) is 0 Å². The van der Waals surface area contributed by atoms with Crippen LogP contribution in [0.5, 0.6) is 0 Å². The van der Waals surface area contributed by atoms with Crippen LogP contribution in [0.3, 0.4) is 0 Å². The lowest BCUT2D eigenvalue weighted by Crippen LogP contribution is -2.28. The summed E-state index contributed by atoms with van der Waals surface area (Å²) in [5, 5.41) is 5.05. The Kier molecular flexibility index (Phi) is 7.72. The molecule has 1 atom stereocenters. The van der Waals surface area contributed by atoms with E-state index in [-0.39, 0.29) is 0 Å². The molecule has 3 heteroatoms. The van der Waals surface area contributed by atoms with Crippen LogP contribution in [0.2, 0.25) is 0 Å². The molecule has 13 rings (SSSR count). The monoisotopic (exact) mass is 806 g/mol. The SMILES string of the molecule is c1ccc(N(c2ccccc2)c2cc3ccccc3c3c2C2(c4ccccc4-c4ccc(N(c5ccccc5)c5cccc6sc7ccccc7c56)cc42)c2ccccc2-3)cc1. The predicted molar refractivity (Wildman–Crippen MR) is 263 cm³/mol. The second-order valence-corrected chi connectivity index (χ2v) is 17.4. The van der Waals surface area contributed by atoms with Gasteiger partial charge in [0.25, 0.3) is 0 Å². The lowest BCUT2D eigenvalue weighted by atomic mass is 9.69. The Morgan fingerprint density at radius 2 is 0.871 bits per heavy atom. The van der Waals surface area contributed by atoms with Gasteiger partial charge in [-0.2, -0.15) is 0 Å². The normalized spacial score (nSPS) is 14.5. The van der Waals surface area contributed by atoms with Gasteiger partial charge >= 0.3 is 0 Å². The van der Waals surface area contributed by atoms with E-state index >= 15 is 0 Å². The Morgan fingerprint density at radius 3 is 1.58 bits per heavy atom. The molecule has 1 spiro atoms. The highest BCUT2D eigenvalue weighted by molar-refractivity contribution is 7.26. The Labute approximate surface area is 364 Å². The summed E-state index contributed by atoms with van der Waals surface area (Å²) < 4.78 is 2.58. The second kappa shape index (κ2) is 13.7. The highest BCUT2D eigenvalue weighted by atomic mass is 32.1. The largest absolute Gasteiger partial charge is 0.310 e. The van der Waals surface area contributed by atoms with Crippen LogP contribution in [0.25, 0.3) is 53.2 Å². The number of hydrogen-bond acceptors (Lipinski definition) is 3. The van der Waals surface area contributed by atoms with Crippen LogP contribution in [0, 0.1) is 0 Å². The standard InChI is InChI=1S/C59H38N2S/c1-4-20-40(21-5-1)60(41-22-6-2-7-23-41)53-37-39-19-10-11-26-44(39)56-47-28-13-16-31-50(47)59(58(53)56)49-30-15-12-27-45(49)46-36-35-43(38-51(46)59)61(42-24-8-3-9-25-42)52-32-18-34-55-57(52)48-29-14-17-33-54(48)62-55/h1-38H. The number of para-hydroxylation sites is 3. The van der Waals surface area contributed by atoms with E-state index in [0.29, 0.717) is 0 Å². The van der Waals surface area contributed by atoms with Crippen molar-refractivity contribution in [1.82, 2.24) is 0 Å². The van der Waals surface area contributed by atoms with E-state index in [9.17, 15) is 0 Å². The molecule has 2 nitrogen and oxygen atoms in total. The average molecular weight is 807 g/mol. The number of anilines is 6. The zero-order valence-electron chi connectivity index (χ0n) is 33.7. The van der Waals surface area contributed by atoms with E-state index in [0.717, 1.165) is 22.7 Å². The Bertz CT molecular complexity index is 3500. The summed E-state index contributed by atoms with van der Waals surface area (Å²) in [5.74, 6) is 0. The molecule has 62 heavy (non-hydrogen) atoms. The lowest BCUT2D eigenvalue weighted by Gasteiger charge is -2.36. The number of nitrogens with zero attached hydrogens (tertiary/aromatic N) is 2. The van der Waals surface area contributed by atoms with Crippen LogP contribution < -0.4 is 9.80 Å². The maximum atomic E-state index is 2.52. The fourth-order valence-corrected chi connectivity index (χ4v) is 12.0.